The van der Waals surface area contributed by atoms with Gasteiger partial charge in [-0.3, -0.25) is 9.88 Å². The fourth-order valence-electron chi connectivity index (χ4n) is 3.61. The minimum atomic E-state index is -4.94. The Labute approximate surface area is 179 Å². The van der Waals surface area contributed by atoms with Crippen molar-refractivity contribution in [2.75, 3.05) is 19.0 Å². The lowest BCUT2D eigenvalue weighted by atomic mass is 10.2. The van der Waals surface area contributed by atoms with Crippen LogP contribution in [0.1, 0.15) is 0 Å². The Kier molecular flexibility index (Phi) is 5.44. The van der Waals surface area contributed by atoms with Crippen LogP contribution < -0.4 is 27.9 Å². The van der Waals surface area contributed by atoms with Crippen LogP contribution in [0, 0.1) is 10.2 Å². The summed E-state index contributed by atoms with van der Waals surface area (Å²) in [4.78, 5) is 11.7. The maximum Gasteiger partial charge on any atom is 0.370 e. The van der Waals surface area contributed by atoms with Gasteiger partial charge in [0.1, 0.15) is 22.2 Å². The van der Waals surface area contributed by atoms with Crippen molar-refractivity contribution in [1.29, 1.82) is 0 Å². The zero-order chi connectivity index (χ0) is 22.2. The number of halogens is 1. The molecule has 0 fully saturated rings. The number of rotatable bonds is 2. The van der Waals surface area contributed by atoms with Gasteiger partial charge in [0.25, 0.3) is 0 Å². The molecule has 0 aliphatic rings. The second-order valence-electron chi connectivity index (χ2n) is 6.88. The zero-order valence-electron chi connectivity index (χ0n) is 16.7. The number of hydrogen-bond acceptors (Lipinski definition) is 7. The molecule has 0 saturated carbocycles. The molecule has 5 rings (SSSR count). The molecular formula is C21H18ClN5O4. The Balaban J connectivity index is 0.000000418. The molecule has 0 unspecified atom stereocenters. The lowest BCUT2D eigenvalue weighted by molar-refractivity contribution is -2.00. The van der Waals surface area contributed by atoms with Crippen molar-refractivity contribution >= 4 is 28.0 Å². The molecule has 31 heavy (non-hydrogen) atoms. The summed E-state index contributed by atoms with van der Waals surface area (Å²) >= 11 is 0. The topological polar surface area (TPSA) is 130 Å². The van der Waals surface area contributed by atoms with E-state index in [-0.39, 0.29) is 0 Å². The van der Waals surface area contributed by atoms with E-state index in [4.69, 9.17) is 23.6 Å². The Hall–Kier alpha value is -3.34. The first-order chi connectivity index (χ1) is 14.8. The predicted octanol–water partition coefficient (Wildman–Crippen LogP) is -1.40. The second kappa shape index (κ2) is 8.06. The van der Waals surface area contributed by atoms with Crippen molar-refractivity contribution in [3.8, 4) is 11.4 Å². The molecule has 5 aromatic rings. The third-order valence-corrected chi connectivity index (χ3v) is 4.63. The molecule has 4 heterocycles. The van der Waals surface area contributed by atoms with Gasteiger partial charge >= 0.3 is 5.95 Å². The maximum atomic E-state index is 8.49. The summed E-state index contributed by atoms with van der Waals surface area (Å²) in [5.74, 6) is 1.08. The van der Waals surface area contributed by atoms with Crippen LogP contribution in [0.5, 0.6) is 0 Å². The van der Waals surface area contributed by atoms with E-state index in [9.17, 15) is 0 Å². The monoisotopic (exact) mass is 439 g/mol. The van der Waals surface area contributed by atoms with Gasteiger partial charge in [-0.1, -0.05) is 24.3 Å². The molecule has 0 amide bonds. The van der Waals surface area contributed by atoms with Crippen LogP contribution in [0.2, 0.25) is 0 Å². The highest BCUT2D eigenvalue weighted by molar-refractivity contribution is 5.94. The summed E-state index contributed by atoms with van der Waals surface area (Å²) in [6, 6.07) is 20.4. The Morgan fingerprint density at radius 2 is 1.58 bits per heavy atom. The highest BCUT2D eigenvalue weighted by atomic mass is 35.7. The van der Waals surface area contributed by atoms with Crippen molar-refractivity contribution in [2.45, 2.75) is 0 Å². The minimum absolute atomic E-state index is 0.873. The number of aromatic nitrogens is 4. The summed E-state index contributed by atoms with van der Waals surface area (Å²) in [7, 11) is -0.812. The largest absolute Gasteiger partial charge is 0.370 e. The molecule has 0 spiro atoms. The fourth-order valence-corrected chi connectivity index (χ4v) is 3.61. The van der Waals surface area contributed by atoms with Gasteiger partial charge < -0.3 is 0 Å². The van der Waals surface area contributed by atoms with Crippen LogP contribution in [-0.4, -0.2) is 28.5 Å². The van der Waals surface area contributed by atoms with Crippen LogP contribution in [0.25, 0.3) is 33.5 Å². The van der Waals surface area contributed by atoms with Crippen LogP contribution in [0.4, 0.5) is 5.95 Å². The van der Waals surface area contributed by atoms with E-state index in [1.54, 1.807) is 0 Å². The van der Waals surface area contributed by atoms with Crippen molar-refractivity contribution in [2.24, 2.45) is 0 Å². The average molecular weight is 440 g/mol. The smallest absolute Gasteiger partial charge is 0.269 e. The van der Waals surface area contributed by atoms with E-state index in [1.165, 1.54) is 0 Å². The lowest BCUT2D eigenvalue weighted by Crippen LogP contribution is -2.68. The van der Waals surface area contributed by atoms with E-state index in [1.807, 2.05) is 30.5 Å². The van der Waals surface area contributed by atoms with E-state index < -0.39 is 10.2 Å². The third kappa shape index (κ3) is 4.13. The molecule has 10 heteroatoms. The summed E-state index contributed by atoms with van der Waals surface area (Å²) in [6.45, 7) is 0. The summed E-state index contributed by atoms with van der Waals surface area (Å²) < 4.78 is 38.5. The second-order valence-corrected chi connectivity index (χ2v) is 7.63. The standard InChI is InChI=1S/C21H18N5.ClHO4/c1-24(2)21-25-14-8-6-12-18(25)20-19(16-10-5-7-13-22-16)23-15-9-3-4-11-17(15)26(20)21;2-1(3,4)5/h3-14H,1-2H3;(H,2,3,4,5)/q+1;/p-1. The van der Waals surface area contributed by atoms with Gasteiger partial charge in [-0.05, 0) is 36.4 Å². The molecule has 158 valence electrons. The number of hydrogen-bond donors (Lipinski definition) is 0. The molecule has 4 aromatic heterocycles. The fraction of sp³-hybridized carbons (Fsp3) is 0.0952. The SMILES string of the molecule is CN(C)c1n2c3ccccc3nc(-c3ccccn3)c2c2cccc[n+]12.[O-][Cl+3]([O-])([O-])[O-]. The molecule has 0 aliphatic carbocycles. The number of fused-ring (bicyclic) bond motifs is 5. The van der Waals surface area contributed by atoms with Gasteiger partial charge in [-0.15, -0.1) is 10.2 Å². The number of nitrogens with zero attached hydrogens (tertiary/aromatic N) is 5. The predicted molar refractivity (Wildman–Crippen MR) is 103 cm³/mol. The highest BCUT2D eigenvalue weighted by Crippen LogP contribution is 2.31. The van der Waals surface area contributed by atoms with E-state index >= 15 is 0 Å². The first kappa shape index (κ1) is 20.9. The Morgan fingerprint density at radius 1 is 0.903 bits per heavy atom. The normalized spacial score (nSPS) is 11.5. The first-order valence-electron chi connectivity index (χ1n) is 9.20. The summed E-state index contributed by atoms with van der Waals surface area (Å²) in [5.41, 5.74) is 5.96. The molecule has 9 nitrogen and oxygen atoms in total. The highest BCUT2D eigenvalue weighted by Gasteiger charge is 2.27. The zero-order valence-corrected chi connectivity index (χ0v) is 17.4. The quantitative estimate of drug-likeness (QED) is 0.309. The number of para-hydroxylation sites is 2. The number of benzene rings is 1. The first-order valence-corrected chi connectivity index (χ1v) is 10.4. The molecule has 0 N–H and O–H groups in total. The van der Waals surface area contributed by atoms with Crippen LogP contribution in [0.3, 0.4) is 0 Å². The van der Waals surface area contributed by atoms with Gasteiger partial charge in [-0.2, -0.15) is 4.40 Å². The van der Waals surface area contributed by atoms with Crippen molar-refractivity contribution in [3.05, 3.63) is 73.1 Å². The molecule has 1 aromatic carbocycles. The molecular weight excluding hydrogens is 422 g/mol. The molecule has 0 radical (unpaired) electrons. The molecule has 0 aliphatic heterocycles. The summed E-state index contributed by atoms with van der Waals surface area (Å²) in [5, 5.41) is 0. The molecule has 0 saturated heterocycles. The van der Waals surface area contributed by atoms with Crippen molar-refractivity contribution in [3.63, 3.8) is 0 Å². The van der Waals surface area contributed by atoms with E-state index in [2.05, 4.69) is 75.4 Å². The van der Waals surface area contributed by atoms with E-state index in [0.29, 0.717) is 0 Å². The molecule has 0 atom stereocenters. The maximum absolute atomic E-state index is 8.49. The lowest BCUT2D eigenvalue weighted by Gasteiger charge is -2.17. The van der Waals surface area contributed by atoms with Gasteiger partial charge in [-0.25, -0.2) is 28.0 Å². The van der Waals surface area contributed by atoms with Crippen LogP contribution in [0.15, 0.2) is 73.1 Å². The number of anilines is 1. The van der Waals surface area contributed by atoms with E-state index in [0.717, 1.165) is 39.4 Å². The molecule has 0 bridgehead atoms. The summed E-state index contributed by atoms with van der Waals surface area (Å²) in [6.07, 6.45) is 3.91. The van der Waals surface area contributed by atoms with Crippen molar-refractivity contribution in [1.82, 2.24) is 14.4 Å². The minimum Gasteiger partial charge on any atom is -0.269 e. The van der Waals surface area contributed by atoms with Crippen LogP contribution in [-0.2, 0) is 0 Å². The average Bonchev–Trinajstić information content (AvgIpc) is 3.08. The van der Waals surface area contributed by atoms with Gasteiger partial charge in [0, 0.05) is 6.20 Å². The van der Waals surface area contributed by atoms with Gasteiger partial charge in [0.2, 0.25) is 0 Å². The number of imidazole rings is 1. The Morgan fingerprint density at radius 3 is 2.26 bits per heavy atom. The third-order valence-electron chi connectivity index (χ3n) is 4.63. The van der Waals surface area contributed by atoms with Crippen LogP contribution >= 0.6 is 0 Å². The van der Waals surface area contributed by atoms with Gasteiger partial charge in [0.05, 0.1) is 26.0 Å². The number of pyridine rings is 2. The van der Waals surface area contributed by atoms with Gasteiger partial charge in [0.15, 0.2) is 5.52 Å². The Bertz CT molecular complexity index is 1360. The van der Waals surface area contributed by atoms with Crippen molar-refractivity contribution < 1.29 is 33.3 Å².